The van der Waals surface area contributed by atoms with Crippen molar-refractivity contribution in [2.24, 2.45) is 0 Å². The van der Waals surface area contributed by atoms with Gasteiger partial charge >= 0.3 is 0 Å². The maximum atomic E-state index is 12.6. The van der Waals surface area contributed by atoms with Gasteiger partial charge in [0.15, 0.2) is 0 Å². The number of thiophene rings is 1. The lowest BCUT2D eigenvalue weighted by Gasteiger charge is -2.37. The Hall–Kier alpha value is -0.430. The van der Waals surface area contributed by atoms with Crippen LogP contribution in [0.5, 0.6) is 0 Å². The maximum Gasteiger partial charge on any atom is 0.239 e. The monoisotopic (exact) mass is 373 g/mol. The molecule has 0 aliphatic carbocycles. The number of carbonyl (C=O) groups is 1. The highest BCUT2D eigenvalue weighted by Gasteiger charge is 2.26. The first kappa shape index (κ1) is 16.9. The molecule has 2 heterocycles. The Bertz CT molecular complexity index is 471. The van der Waals surface area contributed by atoms with Crippen molar-refractivity contribution in [1.29, 1.82) is 0 Å². The van der Waals surface area contributed by atoms with Crippen molar-refractivity contribution in [3.63, 3.8) is 0 Å². The molecule has 2 rings (SSSR count). The third-order valence-electron chi connectivity index (χ3n) is 4.18. The van der Waals surface area contributed by atoms with Gasteiger partial charge in [-0.25, -0.2) is 0 Å². The van der Waals surface area contributed by atoms with E-state index in [0.29, 0.717) is 0 Å². The maximum absolute atomic E-state index is 12.6. The molecule has 1 aliphatic heterocycles. The Morgan fingerprint density at radius 1 is 1.38 bits per heavy atom. The van der Waals surface area contributed by atoms with E-state index in [2.05, 4.69) is 44.8 Å². The van der Waals surface area contributed by atoms with Crippen LogP contribution in [0.3, 0.4) is 0 Å². The van der Waals surface area contributed by atoms with Gasteiger partial charge in [-0.15, -0.1) is 11.3 Å². The molecule has 1 aromatic rings. The zero-order valence-electron chi connectivity index (χ0n) is 13.0. The van der Waals surface area contributed by atoms with Gasteiger partial charge in [-0.3, -0.25) is 9.69 Å². The Kier molecular flexibility index (Phi) is 6.22. The van der Waals surface area contributed by atoms with Crippen molar-refractivity contribution in [2.45, 2.75) is 26.4 Å². The second kappa shape index (κ2) is 7.72. The van der Waals surface area contributed by atoms with Crippen LogP contribution >= 0.6 is 27.3 Å². The van der Waals surface area contributed by atoms with Crippen LogP contribution in [0.1, 0.15) is 18.7 Å². The molecule has 1 aliphatic rings. The number of rotatable bonds is 5. The van der Waals surface area contributed by atoms with Gasteiger partial charge in [-0.1, -0.05) is 6.92 Å². The van der Waals surface area contributed by atoms with Crippen molar-refractivity contribution >= 4 is 33.2 Å². The summed E-state index contributed by atoms with van der Waals surface area (Å²) in [5.74, 6) is 0.254. The van der Waals surface area contributed by atoms with Gasteiger partial charge in [0, 0.05) is 37.6 Å². The van der Waals surface area contributed by atoms with Gasteiger partial charge in [-0.05, 0) is 48.6 Å². The highest BCUT2D eigenvalue weighted by Crippen LogP contribution is 2.23. The third-order valence-corrected chi connectivity index (χ3v) is 5.79. The second-order valence-corrected chi connectivity index (χ2v) is 8.10. The van der Waals surface area contributed by atoms with E-state index in [1.54, 1.807) is 11.3 Å². The fraction of sp³-hybridized carbons (Fsp3) is 0.667. The molecule has 1 unspecified atom stereocenters. The first-order valence-corrected chi connectivity index (χ1v) is 9.07. The average molecular weight is 374 g/mol. The Balaban J connectivity index is 1.86. The zero-order chi connectivity index (χ0) is 15.4. The van der Waals surface area contributed by atoms with E-state index in [1.165, 1.54) is 4.88 Å². The van der Waals surface area contributed by atoms with Gasteiger partial charge in [0.1, 0.15) is 0 Å². The van der Waals surface area contributed by atoms with Crippen molar-refractivity contribution in [3.05, 3.63) is 20.8 Å². The van der Waals surface area contributed by atoms with Crippen LogP contribution in [0, 0.1) is 0 Å². The highest BCUT2D eigenvalue weighted by atomic mass is 79.9. The lowest BCUT2D eigenvalue weighted by atomic mass is 10.2. The number of hydrogen-bond acceptors (Lipinski definition) is 4. The molecular formula is C15H24BrN3OS. The summed E-state index contributed by atoms with van der Waals surface area (Å²) >= 11 is 5.21. The first-order valence-electron chi connectivity index (χ1n) is 7.47. The van der Waals surface area contributed by atoms with Crippen LogP contribution < -0.4 is 0 Å². The van der Waals surface area contributed by atoms with E-state index in [1.807, 2.05) is 18.9 Å². The molecule has 21 heavy (non-hydrogen) atoms. The molecule has 0 saturated carbocycles. The van der Waals surface area contributed by atoms with E-state index in [4.69, 9.17) is 0 Å². The molecule has 4 nitrogen and oxygen atoms in total. The fourth-order valence-corrected chi connectivity index (χ4v) is 4.10. The smallest absolute Gasteiger partial charge is 0.239 e. The highest BCUT2D eigenvalue weighted by molar-refractivity contribution is 9.11. The molecule has 6 heteroatoms. The summed E-state index contributed by atoms with van der Waals surface area (Å²) in [6, 6.07) is 4.10. The van der Waals surface area contributed by atoms with Gasteiger partial charge < -0.3 is 9.80 Å². The molecule has 0 N–H and O–H groups in total. The van der Waals surface area contributed by atoms with E-state index in [-0.39, 0.29) is 11.9 Å². The summed E-state index contributed by atoms with van der Waals surface area (Å²) in [5.41, 5.74) is 0. The average Bonchev–Trinajstić information content (AvgIpc) is 2.90. The molecule has 1 atom stereocenters. The summed E-state index contributed by atoms with van der Waals surface area (Å²) in [4.78, 5) is 20.4. The van der Waals surface area contributed by atoms with E-state index < -0.39 is 0 Å². The number of hydrogen-bond donors (Lipinski definition) is 0. The minimum Gasteiger partial charge on any atom is -0.339 e. The van der Waals surface area contributed by atoms with E-state index in [9.17, 15) is 4.79 Å². The Labute approximate surface area is 139 Å². The standard InChI is InChI=1S/C15H24BrN3OS/c1-4-18-7-9-19(10-8-18)15(20)12(2)17(3)11-13-5-6-14(16)21-13/h5-6,12H,4,7-11H2,1-3H3. The van der Waals surface area contributed by atoms with Gasteiger partial charge in [-0.2, -0.15) is 0 Å². The van der Waals surface area contributed by atoms with Crippen LogP contribution in [0.2, 0.25) is 0 Å². The molecule has 1 aromatic heterocycles. The number of carbonyl (C=O) groups excluding carboxylic acids is 1. The molecule has 1 saturated heterocycles. The summed E-state index contributed by atoms with van der Waals surface area (Å²) in [7, 11) is 2.03. The predicted molar refractivity (Wildman–Crippen MR) is 91.6 cm³/mol. The molecular weight excluding hydrogens is 350 g/mol. The molecule has 1 fully saturated rings. The predicted octanol–water partition coefficient (Wildman–Crippen LogP) is 2.50. The second-order valence-electron chi connectivity index (χ2n) is 5.56. The minimum atomic E-state index is -0.0703. The normalized spacial score (nSPS) is 18.2. The van der Waals surface area contributed by atoms with Crippen LogP contribution in [-0.4, -0.2) is 66.4 Å². The molecule has 0 aromatic carbocycles. The molecule has 0 bridgehead atoms. The number of nitrogens with zero attached hydrogens (tertiary/aromatic N) is 3. The van der Waals surface area contributed by atoms with Crippen LogP contribution in [-0.2, 0) is 11.3 Å². The summed E-state index contributed by atoms with van der Waals surface area (Å²) in [6.45, 7) is 9.78. The lowest BCUT2D eigenvalue weighted by molar-refractivity contribution is -0.137. The topological polar surface area (TPSA) is 26.8 Å². The van der Waals surface area contributed by atoms with E-state index >= 15 is 0 Å². The first-order chi connectivity index (χ1) is 10.0. The van der Waals surface area contributed by atoms with Crippen molar-refractivity contribution in [1.82, 2.24) is 14.7 Å². The fourth-order valence-electron chi connectivity index (χ4n) is 2.56. The molecule has 0 radical (unpaired) electrons. The Morgan fingerprint density at radius 2 is 2.05 bits per heavy atom. The summed E-state index contributed by atoms with van der Waals surface area (Å²) in [6.07, 6.45) is 0. The Morgan fingerprint density at radius 3 is 2.57 bits per heavy atom. The SMILES string of the molecule is CCN1CCN(C(=O)C(C)N(C)Cc2ccc(Br)s2)CC1. The lowest BCUT2D eigenvalue weighted by Crippen LogP contribution is -2.53. The van der Waals surface area contributed by atoms with Gasteiger partial charge in [0.2, 0.25) is 5.91 Å². The number of likely N-dealkylation sites (N-methyl/N-ethyl adjacent to an activating group) is 2. The van der Waals surface area contributed by atoms with Gasteiger partial charge in [0.05, 0.1) is 9.83 Å². The zero-order valence-corrected chi connectivity index (χ0v) is 15.4. The summed E-state index contributed by atoms with van der Waals surface area (Å²) in [5, 5.41) is 0. The minimum absolute atomic E-state index is 0.0703. The number of halogens is 1. The molecule has 1 amide bonds. The quantitative estimate of drug-likeness (QED) is 0.793. The van der Waals surface area contributed by atoms with Crippen molar-refractivity contribution in [2.75, 3.05) is 39.8 Å². The summed E-state index contributed by atoms with van der Waals surface area (Å²) < 4.78 is 1.14. The number of amides is 1. The third kappa shape index (κ3) is 4.52. The van der Waals surface area contributed by atoms with Crippen molar-refractivity contribution in [3.8, 4) is 0 Å². The molecule has 118 valence electrons. The van der Waals surface area contributed by atoms with E-state index in [0.717, 1.165) is 43.1 Å². The van der Waals surface area contributed by atoms with Crippen LogP contribution in [0.15, 0.2) is 15.9 Å². The largest absolute Gasteiger partial charge is 0.339 e. The van der Waals surface area contributed by atoms with Gasteiger partial charge in [0.25, 0.3) is 0 Å². The number of piperazine rings is 1. The van der Waals surface area contributed by atoms with Crippen LogP contribution in [0.4, 0.5) is 0 Å². The van der Waals surface area contributed by atoms with Crippen LogP contribution in [0.25, 0.3) is 0 Å². The van der Waals surface area contributed by atoms with Crippen molar-refractivity contribution < 1.29 is 4.79 Å². The molecule has 0 spiro atoms.